The summed E-state index contributed by atoms with van der Waals surface area (Å²) in [6, 6.07) is 0. The van der Waals surface area contributed by atoms with Crippen molar-refractivity contribution in [3.63, 3.8) is 0 Å². The number of hydrogen-bond donors (Lipinski definition) is 1. The second-order valence-corrected chi connectivity index (χ2v) is 2.54. The quantitative estimate of drug-likeness (QED) is 0.687. The number of hydrogen-bond acceptors (Lipinski definition) is 4. The summed E-state index contributed by atoms with van der Waals surface area (Å²) in [7, 11) is 0. The van der Waals surface area contributed by atoms with Gasteiger partial charge >= 0.3 is 5.97 Å². The first-order valence-electron chi connectivity index (χ1n) is 2.69. The fourth-order valence-corrected chi connectivity index (χ4v) is 0.957. The van der Waals surface area contributed by atoms with Crippen LogP contribution in [0.3, 0.4) is 0 Å². The Morgan fingerprint density at radius 1 is 1.80 bits per heavy atom. The lowest BCUT2D eigenvalue weighted by molar-refractivity contribution is -0.136. The predicted molar refractivity (Wildman–Crippen MR) is 34.7 cm³/mol. The molecular weight excluding hydrogens is 152 g/mol. The van der Waals surface area contributed by atoms with Crippen LogP contribution in [0.5, 0.6) is 0 Å². The second kappa shape index (κ2) is 3.26. The maximum atomic E-state index is 10.0. The van der Waals surface area contributed by atoms with E-state index < -0.39 is 5.97 Å². The SMILES string of the molecule is O=C(O)CCc1nn[c]s1. The van der Waals surface area contributed by atoms with Gasteiger partial charge in [0.2, 0.25) is 0 Å². The highest BCUT2D eigenvalue weighted by Gasteiger charge is 2.00. The largest absolute Gasteiger partial charge is 0.481 e. The standard InChI is InChI=1S/C5H5N2O2S/c8-5(9)2-1-4-7-6-3-10-4/h1-2H2,(H,8,9). The van der Waals surface area contributed by atoms with Crippen molar-refractivity contribution in [1.82, 2.24) is 10.2 Å². The van der Waals surface area contributed by atoms with E-state index in [0.29, 0.717) is 6.42 Å². The summed E-state index contributed by atoms with van der Waals surface area (Å²) in [6.45, 7) is 0. The zero-order valence-electron chi connectivity index (χ0n) is 5.07. The molecule has 0 bridgehead atoms. The van der Waals surface area contributed by atoms with Crippen LogP contribution in [-0.4, -0.2) is 21.3 Å². The van der Waals surface area contributed by atoms with Crippen molar-refractivity contribution in [3.05, 3.63) is 10.5 Å². The van der Waals surface area contributed by atoms with Gasteiger partial charge in [-0.1, -0.05) is 11.3 Å². The van der Waals surface area contributed by atoms with E-state index in [1.807, 2.05) is 0 Å². The van der Waals surface area contributed by atoms with Crippen LogP contribution in [0, 0.1) is 5.51 Å². The third-order valence-electron chi connectivity index (χ3n) is 0.919. The van der Waals surface area contributed by atoms with Crippen molar-refractivity contribution in [2.75, 3.05) is 0 Å². The number of carboxylic acid groups (broad SMARTS) is 1. The molecule has 0 aliphatic carbocycles. The number of aromatic nitrogens is 2. The molecule has 1 heterocycles. The van der Waals surface area contributed by atoms with Crippen LogP contribution in [0.25, 0.3) is 0 Å². The van der Waals surface area contributed by atoms with Gasteiger partial charge in [-0.05, 0) is 0 Å². The van der Waals surface area contributed by atoms with E-state index in [1.165, 1.54) is 11.3 Å². The molecule has 0 spiro atoms. The maximum Gasteiger partial charge on any atom is 0.303 e. The Morgan fingerprint density at radius 2 is 2.60 bits per heavy atom. The highest BCUT2D eigenvalue weighted by molar-refractivity contribution is 7.08. The van der Waals surface area contributed by atoms with Gasteiger partial charge in [0, 0.05) is 6.42 Å². The van der Waals surface area contributed by atoms with Crippen LogP contribution in [0.1, 0.15) is 11.4 Å². The van der Waals surface area contributed by atoms with Gasteiger partial charge in [-0.2, -0.15) is 0 Å². The van der Waals surface area contributed by atoms with Crippen LogP contribution < -0.4 is 0 Å². The van der Waals surface area contributed by atoms with Crippen molar-refractivity contribution in [2.24, 2.45) is 0 Å². The average molecular weight is 157 g/mol. The average Bonchev–Trinajstić information content (AvgIpc) is 2.34. The van der Waals surface area contributed by atoms with Crippen molar-refractivity contribution >= 4 is 17.3 Å². The Hall–Kier alpha value is -0.970. The lowest BCUT2D eigenvalue weighted by Gasteiger charge is -1.87. The van der Waals surface area contributed by atoms with Crippen molar-refractivity contribution in [3.8, 4) is 0 Å². The van der Waals surface area contributed by atoms with Gasteiger partial charge in [0.25, 0.3) is 0 Å². The first kappa shape index (κ1) is 7.14. The summed E-state index contributed by atoms with van der Waals surface area (Å²) in [5.74, 6) is -0.810. The minimum Gasteiger partial charge on any atom is -0.481 e. The van der Waals surface area contributed by atoms with Crippen LogP contribution in [0.4, 0.5) is 0 Å². The molecular formula is C5H5N2O2S. The van der Waals surface area contributed by atoms with E-state index in [4.69, 9.17) is 5.11 Å². The Balaban J connectivity index is 2.35. The first-order chi connectivity index (χ1) is 4.79. The third kappa shape index (κ3) is 2.10. The minimum atomic E-state index is -0.810. The molecule has 0 fully saturated rings. The molecule has 1 rings (SSSR count). The summed E-state index contributed by atoms with van der Waals surface area (Å²) in [6.07, 6.45) is 0.569. The normalized spacial score (nSPS) is 9.60. The van der Waals surface area contributed by atoms with E-state index in [9.17, 15) is 4.79 Å². The van der Waals surface area contributed by atoms with Gasteiger partial charge < -0.3 is 5.11 Å². The number of nitrogens with zero attached hydrogens (tertiary/aromatic N) is 2. The first-order valence-corrected chi connectivity index (χ1v) is 3.51. The van der Waals surface area contributed by atoms with Crippen molar-refractivity contribution < 1.29 is 9.90 Å². The predicted octanol–water partition coefficient (Wildman–Crippen LogP) is 0.355. The summed E-state index contributed by atoms with van der Waals surface area (Å²) in [5.41, 5.74) is 2.54. The molecule has 0 saturated carbocycles. The topological polar surface area (TPSA) is 63.1 Å². The fraction of sp³-hybridized carbons (Fsp3) is 0.400. The van der Waals surface area contributed by atoms with Crippen LogP contribution in [0.2, 0.25) is 0 Å². The van der Waals surface area contributed by atoms with Gasteiger partial charge in [-0.3, -0.25) is 4.79 Å². The molecule has 1 aromatic rings. The summed E-state index contributed by atoms with van der Waals surface area (Å²) < 4.78 is 0. The number of rotatable bonds is 3. The Bertz CT molecular complexity index is 209. The lowest BCUT2D eigenvalue weighted by atomic mass is 10.3. The number of aryl methyl sites for hydroxylation is 1. The molecule has 5 heteroatoms. The Morgan fingerprint density at radius 3 is 3.10 bits per heavy atom. The minimum absolute atomic E-state index is 0.114. The van der Waals surface area contributed by atoms with E-state index >= 15 is 0 Å². The number of carboxylic acids is 1. The van der Waals surface area contributed by atoms with Gasteiger partial charge in [0.15, 0.2) is 5.51 Å². The molecule has 1 radical (unpaired) electrons. The summed E-state index contributed by atoms with van der Waals surface area (Å²) in [5, 5.41) is 16.1. The maximum absolute atomic E-state index is 10.0. The molecule has 0 atom stereocenters. The molecule has 0 aromatic carbocycles. The fourth-order valence-electron chi connectivity index (χ4n) is 0.485. The number of aliphatic carboxylic acids is 1. The molecule has 0 aliphatic heterocycles. The van der Waals surface area contributed by atoms with E-state index in [0.717, 1.165) is 5.01 Å². The molecule has 0 unspecified atom stereocenters. The lowest BCUT2D eigenvalue weighted by Crippen LogP contribution is -1.96. The molecule has 4 nitrogen and oxygen atoms in total. The molecule has 1 N–H and O–H groups in total. The molecule has 0 amide bonds. The summed E-state index contributed by atoms with van der Waals surface area (Å²) in [4.78, 5) is 10.0. The van der Waals surface area contributed by atoms with Crippen LogP contribution in [-0.2, 0) is 11.2 Å². The van der Waals surface area contributed by atoms with Gasteiger partial charge in [0.05, 0.1) is 6.42 Å². The van der Waals surface area contributed by atoms with Crippen molar-refractivity contribution in [1.29, 1.82) is 0 Å². The second-order valence-electron chi connectivity index (χ2n) is 1.68. The van der Waals surface area contributed by atoms with Gasteiger partial charge in [0.1, 0.15) is 5.01 Å². The smallest absolute Gasteiger partial charge is 0.303 e. The van der Waals surface area contributed by atoms with E-state index in [2.05, 4.69) is 15.7 Å². The van der Waals surface area contributed by atoms with E-state index in [-0.39, 0.29) is 6.42 Å². The Labute approximate surface area is 61.5 Å². The molecule has 0 aliphatic rings. The van der Waals surface area contributed by atoms with Crippen molar-refractivity contribution in [2.45, 2.75) is 12.8 Å². The monoisotopic (exact) mass is 157 g/mol. The molecule has 10 heavy (non-hydrogen) atoms. The van der Waals surface area contributed by atoms with Crippen LogP contribution >= 0.6 is 11.3 Å². The Kier molecular flexibility index (Phi) is 2.33. The van der Waals surface area contributed by atoms with E-state index in [1.54, 1.807) is 0 Å². The third-order valence-corrected chi connectivity index (χ3v) is 1.61. The number of carbonyl (C=O) groups is 1. The zero-order chi connectivity index (χ0) is 7.40. The highest BCUT2D eigenvalue weighted by Crippen LogP contribution is 2.03. The molecule has 1 aromatic heterocycles. The highest BCUT2D eigenvalue weighted by atomic mass is 32.1. The van der Waals surface area contributed by atoms with Gasteiger partial charge in [-0.15, -0.1) is 10.2 Å². The van der Waals surface area contributed by atoms with Gasteiger partial charge in [-0.25, -0.2) is 0 Å². The molecule has 0 saturated heterocycles. The van der Waals surface area contributed by atoms with Crippen LogP contribution in [0.15, 0.2) is 0 Å². The summed E-state index contributed by atoms with van der Waals surface area (Å²) >= 11 is 1.25. The molecule has 53 valence electrons. The zero-order valence-corrected chi connectivity index (χ0v) is 5.89.